The van der Waals surface area contributed by atoms with Crippen molar-refractivity contribution in [3.63, 3.8) is 0 Å². The molecule has 5 rings (SSSR count). The summed E-state index contributed by atoms with van der Waals surface area (Å²) in [7, 11) is 1.76. The van der Waals surface area contributed by atoms with Crippen LogP contribution >= 0.6 is 0 Å². The van der Waals surface area contributed by atoms with E-state index in [-0.39, 0.29) is 11.9 Å². The van der Waals surface area contributed by atoms with Crippen LogP contribution < -0.4 is 5.32 Å². The van der Waals surface area contributed by atoms with Crippen molar-refractivity contribution in [3.05, 3.63) is 60.4 Å². The van der Waals surface area contributed by atoms with Crippen LogP contribution in [0.2, 0.25) is 0 Å². The molecule has 4 heterocycles. The number of H-pyrrole nitrogens is 1. The Morgan fingerprint density at radius 2 is 2.19 bits per heavy atom. The highest BCUT2D eigenvalue weighted by Crippen LogP contribution is 2.29. The molecule has 0 amide bonds. The monoisotopic (exact) mass is 420 g/mol. The molecule has 0 saturated carbocycles. The predicted octanol–water partition coefficient (Wildman–Crippen LogP) is 2.52. The van der Waals surface area contributed by atoms with E-state index in [4.69, 9.17) is 4.98 Å². The van der Waals surface area contributed by atoms with Gasteiger partial charge in [-0.2, -0.15) is 10.2 Å². The summed E-state index contributed by atoms with van der Waals surface area (Å²) in [4.78, 5) is 12.2. The SMILES string of the molecule is C[C@H](Cn1cccn1)NC(O)c1c[nH]c2ncc(-c3nn(C)c4cc(F)ccc34)nc12. The number of aliphatic hydroxyl groups excluding tert-OH is 1. The van der Waals surface area contributed by atoms with Gasteiger partial charge in [-0.25, -0.2) is 14.4 Å². The lowest BCUT2D eigenvalue weighted by molar-refractivity contribution is 0.123. The zero-order valence-corrected chi connectivity index (χ0v) is 17.0. The highest BCUT2D eigenvalue weighted by atomic mass is 19.1. The Kier molecular flexibility index (Phi) is 4.72. The number of halogens is 1. The molecule has 3 N–H and O–H groups in total. The van der Waals surface area contributed by atoms with Gasteiger partial charge in [0.15, 0.2) is 5.65 Å². The van der Waals surface area contributed by atoms with E-state index in [1.54, 1.807) is 41.1 Å². The minimum absolute atomic E-state index is 0.0365. The lowest BCUT2D eigenvalue weighted by Gasteiger charge is -2.18. The summed E-state index contributed by atoms with van der Waals surface area (Å²) < 4.78 is 17.1. The number of hydrogen-bond donors (Lipinski definition) is 3. The third-order valence-electron chi connectivity index (χ3n) is 5.22. The lowest BCUT2D eigenvalue weighted by Crippen LogP contribution is -2.34. The fourth-order valence-electron chi connectivity index (χ4n) is 3.75. The Hall–Kier alpha value is -3.63. The summed E-state index contributed by atoms with van der Waals surface area (Å²) in [5, 5.41) is 23.4. The average molecular weight is 420 g/mol. The van der Waals surface area contributed by atoms with Crippen LogP contribution in [-0.4, -0.2) is 45.7 Å². The van der Waals surface area contributed by atoms with Gasteiger partial charge in [0.2, 0.25) is 0 Å². The van der Waals surface area contributed by atoms with Gasteiger partial charge in [-0.3, -0.25) is 14.7 Å². The van der Waals surface area contributed by atoms with Gasteiger partial charge < -0.3 is 10.1 Å². The molecule has 0 radical (unpaired) electrons. The van der Waals surface area contributed by atoms with Crippen molar-refractivity contribution in [2.75, 3.05) is 0 Å². The van der Waals surface area contributed by atoms with Crippen LogP contribution in [0.3, 0.4) is 0 Å². The van der Waals surface area contributed by atoms with Gasteiger partial charge >= 0.3 is 0 Å². The smallest absolute Gasteiger partial charge is 0.156 e. The summed E-state index contributed by atoms with van der Waals surface area (Å²) >= 11 is 0. The molecule has 1 aromatic carbocycles. The Labute approximate surface area is 176 Å². The first-order valence-electron chi connectivity index (χ1n) is 9.88. The molecule has 0 bridgehead atoms. The molecule has 0 aliphatic heterocycles. The largest absolute Gasteiger partial charge is 0.374 e. The first kappa shape index (κ1) is 19.3. The Bertz CT molecular complexity index is 1360. The number of hydrogen-bond acceptors (Lipinski definition) is 6. The fourth-order valence-corrected chi connectivity index (χ4v) is 3.75. The molecular weight excluding hydrogens is 399 g/mol. The summed E-state index contributed by atoms with van der Waals surface area (Å²) in [5.74, 6) is -0.324. The first-order chi connectivity index (χ1) is 15.0. The molecule has 10 heteroatoms. The number of fused-ring (bicyclic) bond motifs is 2. The number of aryl methyl sites for hydroxylation is 1. The van der Waals surface area contributed by atoms with Crippen molar-refractivity contribution in [2.24, 2.45) is 7.05 Å². The zero-order chi connectivity index (χ0) is 21.5. The van der Waals surface area contributed by atoms with Crippen molar-refractivity contribution in [1.82, 2.24) is 39.8 Å². The third-order valence-corrected chi connectivity index (χ3v) is 5.22. The number of rotatable bonds is 6. The van der Waals surface area contributed by atoms with E-state index in [2.05, 4.69) is 25.5 Å². The van der Waals surface area contributed by atoms with Crippen molar-refractivity contribution < 1.29 is 9.50 Å². The van der Waals surface area contributed by atoms with E-state index in [0.717, 1.165) is 5.39 Å². The second-order valence-corrected chi connectivity index (χ2v) is 7.53. The Morgan fingerprint density at radius 1 is 1.32 bits per heavy atom. The third kappa shape index (κ3) is 3.56. The number of benzene rings is 1. The molecule has 0 fully saturated rings. The highest BCUT2D eigenvalue weighted by molar-refractivity contribution is 5.93. The van der Waals surface area contributed by atoms with Crippen LogP contribution in [0, 0.1) is 5.82 Å². The van der Waals surface area contributed by atoms with E-state index in [9.17, 15) is 9.50 Å². The van der Waals surface area contributed by atoms with E-state index in [1.807, 2.05) is 19.2 Å². The maximum absolute atomic E-state index is 13.6. The summed E-state index contributed by atoms with van der Waals surface area (Å²) in [6.07, 6.45) is 5.96. The molecule has 5 aromatic rings. The molecular formula is C21H21FN8O. The van der Waals surface area contributed by atoms with Crippen molar-refractivity contribution >= 4 is 22.1 Å². The van der Waals surface area contributed by atoms with Crippen LogP contribution in [0.1, 0.15) is 18.7 Å². The van der Waals surface area contributed by atoms with Gasteiger partial charge in [0.05, 0.1) is 18.3 Å². The number of aliphatic hydroxyl groups is 1. The maximum atomic E-state index is 13.6. The molecule has 9 nitrogen and oxygen atoms in total. The van der Waals surface area contributed by atoms with Crippen molar-refractivity contribution in [3.8, 4) is 11.4 Å². The second kappa shape index (κ2) is 7.56. The zero-order valence-electron chi connectivity index (χ0n) is 17.0. The van der Waals surface area contributed by atoms with Crippen LogP contribution in [0.15, 0.2) is 49.1 Å². The molecule has 4 aromatic heterocycles. The molecule has 2 atom stereocenters. The molecule has 0 aliphatic carbocycles. The van der Waals surface area contributed by atoms with Crippen LogP contribution in [0.25, 0.3) is 33.5 Å². The quantitative estimate of drug-likeness (QED) is 0.364. The first-order valence-corrected chi connectivity index (χ1v) is 9.88. The molecule has 0 saturated heterocycles. The van der Waals surface area contributed by atoms with E-state index < -0.39 is 6.23 Å². The highest BCUT2D eigenvalue weighted by Gasteiger charge is 2.20. The van der Waals surface area contributed by atoms with Gasteiger partial charge in [0.25, 0.3) is 0 Å². The molecule has 31 heavy (non-hydrogen) atoms. The molecule has 0 aliphatic rings. The van der Waals surface area contributed by atoms with Gasteiger partial charge in [0.1, 0.15) is 28.9 Å². The minimum atomic E-state index is -0.946. The topological polar surface area (TPSA) is 109 Å². The van der Waals surface area contributed by atoms with Crippen LogP contribution in [0.5, 0.6) is 0 Å². The Morgan fingerprint density at radius 3 is 3.00 bits per heavy atom. The number of aromatic nitrogens is 7. The number of aromatic amines is 1. The van der Waals surface area contributed by atoms with Gasteiger partial charge in [-0.15, -0.1) is 0 Å². The lowest BCUT2D eigenvalue weighted by atomic mass is 10.1. The average Bonchev–Trinajstić information content (AvgIpc) is 3.47. The summed E-state index contributed by atoms with van der Waals surface area (Å²) in [6, 6.07) is 6.34. The van der Waals surface area contributed by atoms with Crippen LogP contribution in [-0.2, 0) is 13.6 Å². The van der Waals surface area contributed by atoms with Gasteiger partial charge in [-0.05, 0) is 31.2 Å². The Balaban J connectivity index is 1.47. The summed E-state index contributed by atoms with van der Waals surface area (Å²) in [5.41, 5.74) is 3.51. The van der Waals surface area contributed by atoms with Crippen LogP contribution in [0.4, 0.5) is 4.39 Å². The van der Waals surface area contributed by atoms with E-state index in [1.165, 1.54) is 12.1 Å². The second-order valence-electron chi connectivity index (χ2n) is 7.53. The van der Waals surface area contributed by atoms with Crippen molar-refractivity contribution in [2.45, 2.75) is 25.7 Å². The standard InChI is InChI=1S/C21H21FN8O/c1-12(11-30-7-3-6-25-30)26-21(31)15-9-23-20-19(15)27-16(10-24-20)18-14-5-4-13(22)8-17(14)29(2)28-18/h3-10,12,21,26,31H,11H2,1-2H3,(H,23,24)/t12-,21?/m1/s1. The van der Waals surface area contributed by atoms with E-state index >= 15 is 0 Å². The molecule has 158 valence electrons. The normalized spacial score (nSPS) is 13.8. The summed E-state index contributed by atoms with van der Waals surface area (Å²) in [6.45, 7) is 2.58. The van der Waals surface area contributed by atoms with Crippen molar-refractivity contribution in [1.29, 1.82) is 0 Å². The minimum Gasteiger partial charge on any atom is -0.374 e. The fraction of sp³-hybridized carbons (Fsp3) is 0.238. The number of nitrogens with zero attached hydrogens (tertiary/aromatic N) is 6. The molecule has 1 unspecified atom stereocenters. The van der Waals surface area contributed by atoms with Gasteiger partial charge in [0, 0.05) is 42.6 Å². The maximum Gasteiger partial charge on any atom is 0.156 e. The number of nitrogens with one attached hydrogen (secondary N) is 2. The predicted molar refractivity (Wildman–Crippen MR) is 113 cm³/mol. The van der Waals surface area contributed by atoms with E-state index in [0.29, 0.717) is 40.2 Å². The molecule has 0 spiro atoms. The van der Waals surface area contributed by atoms with Gasteiger partial charge in [-0.1, -0.05) is 0 Å².